The van der Waals surface area contributed by atoms with Crippen LogP contribution < -0.4 is 10.6 Å². The summed E-state index contributed by atoms with van der Waals surface area (Å²) in [7, 11) is 1.72. The van der Waals surface area contributed by atoms with Gasteiger partial charge in [-0.3, -0.25) is 9.56 Å². The first-order chi connectivity index (χ1) is 12.7. The summed E-state index contributed by atoms with van der Waals surface area (Å²) in [5.74, 6) is 1.29. The minimum Gasteiger partial charge on any atom is -0.352 e. The first kappa shape index (κ1) is 20.8. The Hall–Kier alpha value is -2.49. The number of nitrogens with zero attached hydrogens (tertiary/aromatic N) is 4. The monoisotopic (exact) mass is 480 g/mol. The van der Waals surface area contributed by atoms with E-state index in [-0.39, 0.29) is 29.8 Å². The Morgan fingerprint density at radius 2 is 1.85 bits per heavy atom. The molecule has 0 fully saturated rings. The zero-order valence-corrected chi connectivity index (χ0v) is 17.5. The number of hydrogen-bond acceptors (Lipinski definition) is 3. The number of nitrogens with one attached hydrogen (secondary N) is 2. The molecule has 3 aromatic rings. The molecule has 2 aromatic heterocycles. The van der Waals surface area contributed by atoms with Gasteiger partial charge in [-0.2, -0.15) is 0 Å². The van der Waals surface area contributed by atoms with E-state index in [2.05, 4.69) is 25.6 Å². The molecule has 1 aromatic carbocycles. The maximum absolute atomic E-state index is 13.3. The molecule has 142 valence electrons. The fourth-order valence-corrected chi connectivity index (χ4v) is 2.52. The van der Waals surface area contributed by atoms with Crippen LogP contribution in [0.5, 0.6) is 0 Å². The van der Waals surface area contributed by atoms with Gasteiger partial charge in [0.05, 0.1) is 0 Å². The van der Waals surface area contributed by atoms with Crippen LogP contribution >= 0.6 is 24.0 Å². The summed E-state index contributed by atoms with van der Waals surface area (Å²) in [4.78, 5) is 12.6. The molecule has 8 heteroatoms. The van der Waals surface area contributed by atoms with E-state index in [1.165, 1.54) is 6.07 Å². The molecule has 0 bridgehead atoms. The second-order valence-corrected chi connectivity index (χ2v) is 5.86. The maximum Gasteiger partial charge on any atom is 0.191 e. The maximum atomic E-state index is 13.3. The summed E-state index contributed by atoms with van der Waals surface area (Å²) < 4.78 is 15.2. The zero-order chi connectivity index (χ0) is 18.4. The number of aryl methyl sites for hydroxylation is 1. The lowest BCUT2D eigenvalue weighted by molar-refractivity contribution is 0.617. The van der Waals surface area contributed by atoms with Crippen molar-refractivity contribution in [1.82, 2.24) is 25.2 Å². The molecule has 0 saturated carbocycles. The number of aromatic nitrogens is 3. The van der Waals surface area contributed by atoms with Crippen molar-refractivity contribution in [1.29, 1.82) is 0 Å². The summed E-state index contributed by atoms with van der Waals surface area (Å²) in [6.07, 6.45) is 7.05. The van der Waals surface area contributed by atoms with Crippen LogP contribution in [0, 0.1) is 12.7 Å². The first-order valence-electron chi connectivity index (χ1n) is 8.28. The van der Waals surface area contributed by atoms with Crippen molar-refractivity contribution in [3.05, 3.63) is 77.8 Å². The van der Waals surface area contributed by atoms with E-state index in [0.29, 0.717) is 24.6 Å². The van der Waals surface area contributed by atoms with Crippen LogP contribution in [-0.2, 0) is 13.1 Å². The third kappa shape index (κ3) is 5.75. The highest BCUT2D eigenvalue weighted by Crippen LogP contribution is 2.09. The van der Waals surface area contributed by atoms with Crippen molar-refractivity contribution in [2.24, 2.45) is 4.99 Å². The SMILES string of the molecule is CN=C(NCc1ccnc(-n2ccnc2)c1)NCc1ccc(F)c(C)c1.I. The van der Waals surface area contributed by atoms with E-state index in [0.717, 1.165) is 16.9 Å². The third-order valence-corrected chi connectivity index (χ3v) is 3.94. The lowest BCUT2D eigenvalue weighted by Crippen LogP contribution is -2.36. The van der Waals surface area contributed by atoms with Gasteiger partial charge in [-0.15, -0.1) is 24.0 Å². The number of imidazole rings is 1. The third-order valence-electron chi connectivity index (χ3n) is 3.94. The molecule has 0 atom stereocenters. The Morgan fingerprint density at radius 1 is 1.11 bits per heavy atom. The Morgan fingerprint density at radius 3 is 2.48 bits per heavy atom. The highest BCUT2D eigenvalue weighted by Gasteiger charge is 2.03. The predicted octanol–water partition coefficient (Wildman–Crippen LogP) is 3.20. The van der Waals surface area contributed by atoms with Crippen molar-refractivity contribution in [3.63, 3.8) is 0 Å². The van der Waals surface area contributed by atoms with Gasteiger partial charge in [0.2, 0.25) is 0 Å². The molecule has 2 heterocycles. The lowest BCUT2D eigenvalue weighted by atomic mass is 10.1. The van der Waals surface area contributed by atoms with Crippen LogP contribution in [-0.4, -0.2) is 27.5 Å². The molecule has 6 nitrogen and oxygen atoms in total. The van der Waals surface area contributed by atoms with Gasteiger partial charge < -0.3 is 10.6 Å². The van der Waals surface area contributed by atoms with Crippen LogP contribution in [0.2, 0.25) is 0 Å². The van der Waals surface area contributed by atoms with Crippen LogP contribution in [0.3, 0.4) is 0 Å². The summed E-state index contributed by atoms with van der Waals surface area (Å²) in [5.41, 5.74) is 2.71. The Kier molecular flexibility index (Phi) is 7.71. The quantitative estimate of drug-likeness (QED) is 0.335. The van der Waals surface area contributed by atoms with Gasteiger partial charge in [0, 0.05) is 38.7 Å². The van der Waals surface area contributed by atoms with E-state index in [9.17, 15) is 4.39 Å². The van der Waals surface area contributed by atoms with Gasteiger partial charge in [-0.05, 0) is 41.8 Å². The first-order valence-corrected chi connectivity index (χ1v) is 8.28. The molecule has 0 spiro atoms. The molecule has 2 N–H and O–H groups in total. The Bertz CT molecular complexity index is 895. The average molecular weight is 480 g/mol. The second-order valence-electron chi connectivity index (χ2n) is 5.86. The van der Waals surface area contributed by atoms with E-state index in [1.807, 2.05) is 29.0 Å². The highest BCUT2D eigenvalue weighted by molar-refractivity contribution is 14.0. The molecule has 0 radical (unpaired) electrons. The van der Waals surface area contributed by atoms with Gasteiger partial charge in [-0.25, -0.2) is 14.4 Å². The van der Waals surface area contributed by atoms with Crippen LogP contribution in [0.25, 0.3) is 5.82 Å². The molecule has 3 rings (SSSR count). The summed E-state index contributed by atoms with van der Waals surface area (Å²) >= 11 is 0. The van der Waals surface area contributed by atoms with Crippen LogP contribution in [0.15, 0.2) is 60.2 Å². The number of pyridine rings is 1. The Balaban J connectivity index is 0.00000261. The van der Waals surface area contributed by atoms with Crippen LogP contribution in [0.1, 0.15) is 16.7 Å². The summed E-state index contributed by atoms with van der Waals surface area (Å²) in [6, 6.07) is 9.02. The standard InChI is InChI=1S/C19H21FN6.HI/c1-14-9-15(3-4-17(14)20)11-24-19(21-2)25-12-16-5-6-23-18(10-16)26-8-7-22-13-26;/h3-10,13H,11-12H2,1-2H3,(H2,21,24,25);1H. The number of aliphatic imine (C=N–C) groups is 1. The number of halogens is 2. The predicted molar refractivity (Wildman–Crippen MR) is 115 cm³/mol. The lowest BCUT2D eigenvalue weighted by Gasteiger charge is -2.13. The topological polar surface area (TPSA) is 67.1 Å². The number of benzene rings is 1. The van der Waals surface area contributed by atoms with Crippen LogP contribution in [0.4, 0.5) is 4.39 Å². The summed E-state index contributed by atoms with van der Waals surface area (Å²) in [5, 5.41) is 6.50. The average Bonchev–Trinajstić information content (AvgIpc) is 3.20. The number of rotatable bonds is 5. The second kappa shape index (κ2) is 10.0. The molecular weight excluding hydrogens is 458 g/mol. The Labute approximate surface area is 175 Å². The van der Waals surface area contributed by atoms with Gasteiger partial charge >= 0.3 is 0 Å². The van der Waals surface area contributed by atoms with E-state index in [1.54, 1.807) is 38.8 Å². The fraction of sp³-hybridized carbons (Fsp3) is 0.211. The largest absolute Gasteiger partial charge is 0.352 e. The van der Waals surface area contributed by atoms with Crippen molar-refractivity contribution >= 4 is 29.9 Å². The summed E-state index contributed by atoms with van der Waals surface area (Å²) in [6.45, 7) is 2.93. The van der Waals surface area contributed by atoms with Gasteiger partial charge in [0.15, 0.2) is 5.96 Å². The number of hydrogen-bond donors (Lipinski definition) is 2. The molecule has 0 aliphatic heterocycles. The van der Waals surface area contributed by atoms with Gasteiger partial charge in [0.25, 0.3) is 0 Å². The molecule has 0 aliphatic rings. The van der Waals surface area contributed by atoms with Crippen molar-refractivity contribution in [3.8, 4) is 5.82 Å². The van der Waals surface area contributed by atoms with E-state index >= 15 is 0 Å². The van der Waals surface area contributed by atoms with Gasteiger partial charge in [-0.1, -0.05) is 12.1 Å². The van der Waals surface area contributed by atoms with E-state index < -0.39 is 0 Å². The minimum atomic E-state index is -0.192. The molecule has 27 heavy (non-hydrogen) atoms. The highest BCUT2D eigenvalue weighted by atomic mass is 127. The molecular formula is C19H22FIN6. The van der Waals surface area contributed by atoms with E-state index in [4.69, 9.17) is 0 Å². The molecule has 0 amide bonds. The molecule has 0 unspecified atom stereocenters. The smallest absolute Gasteiger partial charge is 0.191 e. The fourth-order valence-electron chi connectivity index (χ4n) is 2.52. The molecule has 0 saturated heterocycles. The zero-order valence-electron chi connectivity index (χ0n) is 15.2. The van der Waals surface area contributed by atoms with Crippen molar-refractivity contribution in [2.75, 3.05) is 7.05 Å². The van der Waals surface area contributed by atoms with Crippen molar-refractivity contribution in [2.45, 2.75) is 20.0 Å². The van der Waals surface area contributed by atoms with Gasteiger partial charge in [0.1, 0.15) is 18.0 Å². The normalized spacial score (nSPS) is 11.0. The molecule has 0 aliphatic carbocycles. The number of guanidine groups is 1. The van der Waals surface area contributed by atoms with Crippen molar-refractivity contribution < 1.29 is 4.39 Å². The minimum absolute atomic E-state index is 0.